The van der Waals surface area contributed by atoms with Crippen molar-refractivity contribution < 1.29 is 14.3 Å². The number of halogens is 1. The van der Waals surface area contributed by atoms with Crippen molar-refractivity contribution in [3.8, 4) is 11.5 Å². The molecule has 1 amide bonds. The minimum atomic E-state index is -0.0959. The number of hydrogen-bond acceptors (Lipinski definition) is 3. The summed E-state index contributed by atoms with van der Waals surface area (Å²) in [6.07, 6.45) is 0. The fourth-order valence-electron chi connectivity index (χ4n) is 2.19. The van der Waals surface area contributed by atoms with Crippen LogP contribution in [0.5, 0.6) is 11.5 Å². The molecule has 0 saturated heterocycles. The van der Waals surface area contributed by atoms with Crippen LogP contribution < -0.4 is 14.4 Å². The van der Waals surface area contributed by atoms with Crippen LogP contribution in [0.2, 0.25) is 5.02 Å². The van der Waals surface area contributed by atoms with Crippen molar-refractivity contribution in [1.82, 2.24) is 0 Å². The molecule has 0 aliphatic carbocycles. The maximum absolute atomic E-state index is 12.0. The van der Waals surface area contributed by atoms with E-state index in [1.807, 2.05) is 30.3 Å². The van der Waals surface area contributed by atoms with Crippen molar-refractivity contribution in [1.29, 1.82) is 0 Å². The molecule has 0 fully saturated rings. The molecule has 0 bridgehead atoms. The average molecular weight is 304 g/mol. The van der Waals surface area contributed by atoms with Gasteiger partial charge in [0.15, 0.2) is 6.61 Å². The van der Waals surface area contributed by atoms with Crippen LogP contribution in [0.15, 0.2) is 48.5 Å². The summed E-state index contributed by atoms with van der Waals surface area (Å²) in [6.45, 7) is 0.895. The largest absolute Gasteiger partial charge is 0.492 e. The standard InChI is InChI=1S/C16H14ClNO3/c17-12-6-7-15-14(10-12)18(16(19)11-21-15)8-9-20-13-4-2-1-3-5-13/h1-7,10H,8-9,11H2. The second kappa shape index (κ2) is 6.06. The molecule has 108 valence electrons. The molecule has 4 nitrogen and oxygen atoms in total. The first-order chi connectivity index (χ1) is 10.2. The van der Waals surface area contributed by atoms with Gasteiger partial charge >= 0.3 is 0 Å². The smallest absolute Gasteiger partial charge is 0.265 e. The van der Waals surface area contributed by atoms with Crippen molar-refractivity contribution in [3.05, 3.63) is 53.6 Å². The molecule has 1 aliphatic heterocycles. The molecule has 3 rings (SSSR count). The van der Waals surface area contributed by atoms with E-state index < -0.39 is 0 Å². The number of fused-ring (bicyclic) bond motifs is 1. The van der Waals surface area contributed by atoms with Crippen LogP contribution in [0.4, 0.5) is 5.69 Å². The van der Waals surface area contributed by atoms with Crippen LogP contribution in [-0.4, -0.2) is 25.7 Å². The third-order valence-corrected chi connectivity index (χ3v) is 3.43. The molecule has 0 atom stereocenters. The summed E-state index contributed by atoms with van der Waals surface area (Å²) in [6, 6.07) is 14.8. The number of para-hydroxylation sites is 1. The molecule has 2 aromatic rings. The van der Waals surface area contributed by atoms with E-state index in [-0.39, 0.29) is 12.5 Å². The van der Waals surface area contributed by atoms with Crippen molar-refractivity contribution in [2.24, 2.45) is 0 Å². The molecule has 0 saturated carbocycles. The van der Waals surface area contributed by atoms with Crippen LogP contribution >= 0.6 is 11.6 Å². The summed E-state index contributed by atoms with van der Waals surface area (Å²) >= 11 is 5.99. The highest BCUT2D eigenvalue weighted by Gasteiger charge is 2.25. The number of amides is 1. The Hall–Kier alpha value is -2.20. The molecular formula is C16H14ClNO3. The summed E-state index contributed by atoms with van der Waals surface area (Å²) in [5.41, 5.74) is 0.690. The minimum Gasteiger partial charge on any atom is -0.492 e. The molecule has 0 unspecified atom stereocenters. The number of hydrogen-bond donors (Lipinski definition) is 0. The van der Waals surface area contributed by atoms with Crippen LogP contribution in [0.1, 0.15) is 0 Å². The molecule has 2 aromatic carbocycles. The summed E-state index contributed by atoms with van der Waals surface area (Å²) in [5.74, 6) is 1.35. The van der Waals surface area contributed by atoms with Gasteiger partial charge in [-0.25, -0.2) is 0 Å². The van der Waals surface area contributed by atoms with Crippen molar-refractivity contribution in [2.75, 3.05) is 24.7 Å². The fraction of sp³-hybridized carbons (Fsp3) is 0.188. The lowest BCUT2D eigenvalue weighted by atomic mass is 10.2. The van der Waals surface area contributed by atoms with Crippen molar-refractivity contribution in [2.45, 2.75) is 0 Å². The van der Waals surface area contributed by atoms with E-state index in [9.17, 15) is 4.79 Å². The highest BCUT2D eigenvalue weighted by Crippen LogP contribution is 2.34. The molecule has 0 spiro atoms. The SMILES string of the molecule is O=C1COc2ccc(Cl)cc2N1CCOc1ccccc1. The van der Waals surface area contributed by atoms with E-state index in [0.717, 1.165) is 5.75 Å². The quantitative estimate of drug-likeness (QED) is 0.871. The Labute approximate surface area is 127 Å². The Morgan fingerprint density at radius 3 is 2.81 bits per heavy atom. The lowest BCUT2D eigenvalue weighted by Gasteiger charge is -2.29. The monoisotopic (exact) mass is 303 g/mol. The first-order valence-corrected chi connectivity index (χ1v) is 7.02. The molecule has 1 aliphatic rings. The molecule has 0 radical (unpaired) electrons. The Morgan fingerprint density at radius 1 is 1.19 bits per heavy atom. The minimum absolute atomic E-state index is 0.0416. The van der Waals surface area contributed by atoms with Crippen molar-refractivity contribution in [3.63, 3.8) is 0 Å². The third-order valence-electron chi connectivity index (χ3n) is 3.19. The van der Waals surface area contributed by atoms with Gasteiger partial charge in [0.25, 0.3) is 5.91 Å². The maximum atomic E-state index is 12.0. The molecule has 0 N–H and O–H groups in total. The van der Waals surface area contributed by atoms with E-state index in [2.05, 4.69) is 0 Å². The van der Waals surface area contributed by atoms with Crippen molar-refractivity contribution >= 4 is 23.2 Å². The summed E-state index contributed by atoms with van der Waals surface area (Å²) in [7, 11) is 0. The van der Waals surface area contributed by atoms with Gasteiger partial charge in [0, 0.05) is 5.02 Å². The van der Waals surface area contributed by atoms with Gasteiger partial charge in [-0.1, -0.05) is 29.8 Å². The number of anilines is 1. The Balaban J connectivity index is 1.70. The number of benzene rings is 2. The van der Waals surface area contributed by atoms with E-state index >= 15 is 0 Å². The summed E-state index contributed by atoms with van der Waals surface area (Å²) < 4.78 is 11.0. The molecule has 21 heavy (non-hydrogen) atoms. The second-order valence-corrected chi connectivity index (χ2v) is 5.04. The van der Waals surface area contributed by atoms with Gasteiger partial charge in [-0.2, -0.15) is 0 Å². The van der Waals surface area contributed by atoms with Crippen LogP contribution in [0.3, 0.4) is 0 Å². The lowest BCUT2D eigenvalue weighted by Crippen LogP contribution is -2.41. The predicted octanol–water partition coefficient (Wildman–Crippen LogP) is 3.14. The molecule has 0 aromatic heterocycles. The molecular weight excluding hydrogens is 290 g/mol. The van der Waals surface area contributed by atoms with Gasteiger partial charge in [-0.05, 0) is 30.3 Å². The van der Waals surface area contributed by atoms with E-state index in [1.54, 1.807) is 23.1 Å². The van der Waals surface area contributed by atoms with E-state index in [0.29, 0.717) is 29.6 Å². The first kappa shape index (κ1) is 13.8. The second-order valence-electron chi connectivity index (χ2n) is 4.61. The van der Waals surface area contributed by atoms with Gasteiger partial charge in [0.1, 0.15) is 18.1 Å². The maximum Gasteiger partial charge on any atom is 0.265 e. The Bertz CT molecular complexity index is 645. The van der Waals surface area contributed by atoms with Gasteiger partial charge in [0.2, 0.25) is 0 Å². The zero-order valence-electron chi connectivity index (χ0n) is 11.3. The predicted molar refractivity (Wildman–Crippen MR) is 81.2 cm³/mol. The zero-order valence-corrected chi connectivity index (χ0v) is 12.0. The molecule has 5 heteroatoms. The Kier molecular flexibility index (Phi) is 3.97. The Morgan fingerprint density at radius 2 is 2.00 bits per heavy atom. The van der Waals surface area contributed by atoms with E-state index in [4.69, 9.17) is 21.1 Å². The van der Waals surface area contributed by atoms with Gasteiger partial charge in [-0.3, -0.25) is 4.79 Å². The molecule has 1 heterocycles. The normalized spacial score (nSPS) is 13.6. The summed E-state index contributed by atoms with van der Waals surface area (Å²) in [4.78, 5) is 13.7. The highest BCUT2D eigenvalue weighted by molar-refractivity contribution is 6.31. The first-order valence-electron chi connectivity index (χ1n) is 6.64. The topological polar surface area (TPSA) is 38.8 Å². The number of nitrogens with zero attached hydrogens (tertiary/aromatic N) is 1. The summed E-state index contributed by atoms with van der Waals surface area (Å²) in [5, 5.41) is 0.570. The van der Waals surface area contributed by atoms with E-state index in [1.165, 1.54) is 0 Å². The highest BCUT2D eigenvalue weighted by atomic mass is 35.5. The zero-order chi connectivity index (χ0) is 14.7. The average Bonchev–Trinajstić information content (AvgIpc) is 2.50. The van der Waals surface area contributed by atoms with Gasteiger partial charge in [0.05, 0.1) is 12.2 Å². The van der Waals surface area contributed by atoms with Gasteiger partial charge in [-0.15, -0.1) is 0 Å². The number of carbonyl (C=O) groups is 1. The van der Waals surface area contributed by atoms with Crippen LogP contribution in [-0.2, 0) is 4.79 Å². The number of carbonyl (C=O) groups excluding carboxylic acids is 1. The third kappa shape index (κ3) is 3.11. The lowest BCUT2D eigenvalue weighted by molar-refractivity contribution is -0.121. The van der Waals surface area contributed by atoms with Gasteiger partial charge < -0.3 is 14.4 Å². The van der Waals surface area contributed by atoms with Crippen LogP contribution in [0.25, 0.3) is 0 Å². The number of rotatable bonds is 4. The van der Waals surface area contributed by atoms with Crippen LogP contribution in [0, 0.1) is 0 Å². The fourth-order valence-corrected chi connectivity index (χ4v) is 2.36. The number of ether oxygens (including phenoxy) is 2.